The predicted octanol–water partition coefficient (Wildman–Crippen LogP) is 3.55. The standard InChI is InChI=1S/C25H24F2N2O5/c1-14(23(31)32)10-11-28-22(30)21-20(25(21,26)27)12-29-24(33)34-13-19-17-8-4-2-6-15(17)16-7-3-5-9-18(16)19/h2-10,19-21H,11-13H2,1H3,(H,28,30)(H,29,33)(H,31,32)/b14-10+. The molecule has 2 amide bonds. The summed E-state index contributed by atoms with van der Waals surface area (Å²) >= 11 is 0. The number of nitrogens with one attached hydrogen (secondary N) is 2. The van der Waals surface area contributed by atoms with Crippen LogP contribution in [-0.4, -0.2) is 48.7 Å². The summed E-state index contributed by atoms with van der Waals surface area (Å²) in [7, 11) is 0. The van der Waals surface area contributed by atoms with Crippen LogP contribution in [0, 0.1) is 11.8 Å². The number of alkyl carbamates (subject to hydrolysis) is 1. The van der Waals surface area contributed by atoms with Crippen LogP contribution in [0.5, 0.6) is 0 Å². The summed E-state index contributed by atoms with van der Waals surface area (Å²) in [5.41, 5.74) is 4.22. The summed E-state index contributed by atoms with van der Waals surface area (Å²) in [6, 6.07) is 15.7. The van der Waals surface area contributed by atoms with E-state index < -0.39 is 42.3 Å². The minimum atomic E-state index is -3.26. The summed E-state index contributed by atoms with van der Waals surface area (Å²) in [6.45, 7) is 0.809. The Morgan fingerprint density at radius 3 is 2.21 bits per heavy atom. The van der Waals surface area contributed by atoms with Gasteiger partial charge in [-0.3, -0.25) is 4.79 Å². The molecule has 2 aliphatic rings. The molecule has 34 heavy (non-hydrogen) atoms. The molecule has 4 rings (SSSR count). The molecule has 0 spiro atoms. The van der Waals surface area contributed by atoms with Crippen molar-refractivity contribution in [1.82, 2.24) is 10.6 Å². The zero-order chi connectivity index (χ0) is 24.5. The fraction of sp³-hybridized carbons (Fsp3) is 0.320. The summed E-state index contributed by atoms with van der Waals surface area (Å²) in [6.07, 6.45) is 0.397. The highest BCUT2D eigenvalue weighted by Crippen LogP contribution is 2.55. The van der Waals surface area contributed by atoms with Crippen LogP contribution < -0.4 is 10.6 Å². The topological polar surface area (TPSA) is 105 Å². The normalized spacial score (nSPS) is 20.1. The van der Waals surface area contributed by atoms with E-state index in [4.69, 9.17) is 9.84 Å². The molecule has 2 atom stereocenters. The third kappa shape index (κ3) is 4.50. The first kappa shape index (κ1) is 23.4. The van der Waals surface area contributed by atoms with Gasteiger partial charge in [0.2, 0.25) is 5.91 Å². The molecule has 0 radical (unpaired) electrons. The Labute approximate surface area is 194 Å². The van der Waals surface area contributed by atoms with Gasteiger partial charge in [0.05, 0.1) is 5.92 Å². The predicted molar refractivity (Wildman–Crippen MR) is 119 cm³/mol. The zero-order valence-corrected chi connectivity index (χ0v) is 18.4. The van der Waals surface area contributed by atoms with E-state index in [1.54, 1.807) is 0 Å². The molecule has 0 aromatic heterocycles. The molecule has 0 saturated heterocycles. The van der Waals surface area contributed by atoms with Gasteiger partial charge in [0.15, 0.2) is 0 Å². The average Bonchev–Trinajstić information content (AvgIpc) is 3.22. The quantitative estimate of drug-likeness (QED) is 0.512. The number of carboxylic acid groups (broad SMARTS) is 1. The van der Waals surface area contributed by atoms with Crippen molar-refractivity contribution in [3.63, 3.8) is 0 Å². The van der Waals surface area contributed by atoms with E-state index in [0.717, 1.165) is 22.3 Å². The van der Waals surface area contributed by atoms with Crippen molar-refractivity contribution in [2.75, 3.05) is 19.7 Å². The molecule has 0 heterocycles. The Morgan fingerprint density at radius 2 is 1.62 bits per heavy atom. The number of alkyl halides is 2. The van der Waals surface area contributed by atoms with E-state index in [2.05, 4.69) is 10.6 Å². The molecule has 2 aromatic rings. The molecule has 9 heteroatoms. The number of rotatable bonds is 8. The Kier molecular flexibility index (Phi) is 6.37. The second-order valence-electron chi connectivity index (χ2n) is 8.40. The van der Waals surface area contributed by atoms with Crippen molar-refractivity contribution in [3.05, 3.63) is 71.3 Å². The first-order valence-corrected chi connectivity index (χ1v) is 10.9. The van der Waals surface area contributed by atoms with Crippen LogP contribution in [0.1, 0.15) is 24.0 Å². The van der Waals surface area contributed by atoms with Gasteiger partial charge in [-0.2, -0.15) is 0 Å². The molecule has 3 N–H and O–H groups in total. The molecule has 0 bridgehead atoms. The van der Waals surface area contributed by atoms with Crippen molar-refractivity contribution in [1.29, 1.82) is 0 Å². The first-order valence-electron chi connectivity index (χ1n) is 10.9. The van der Waals surface area contributed by atoms with Crippen LogP contribution in [0.2, 0.25) is 0 Å². The number of hydrogen-bond donors (Lipinski definition) is 3. The lowest BCUT2D eigenvalue weighted by atomic mass is 9.98. The van der Waals surface area contributed by atoms with Gasteiger partial charge in [-0.1, -0.05) is 54.6 Å². The van der Waals surface area contributed by atoms with Gasteiger partial charge < -0.3 is 20.5 Å². The second kappa shape index (κ2) is 9.24. The van der Waals surface area contributed by atoms with Crippen molar-refractivity contribution < 1.29 is 33.0 Å². The van der Waals surface area contributed by atoms with Crippen LogP contribution in [0.4, 0.5) is 13.6 Å². The molecular weight excluding hydrogens is 446 g/mol. The van der Waals surface area contributed by atoms with E-state index in [1.165, 1.54) is 13.0 Å². The summed E-state index contributed by atoms with van der Waals surface area (Å²) < 4.78 is 33.5. The largest absolute Gasteiger partial charge is 0.478 e. The van der Waals surface area contributed by atoms with Crippen LogP contribution in [0.3, 0.4) is 0 Å². The Balaban J connectivity index is 1.28. The molecule has 0 aliphatic heterocycles. The Morgan fingerprint density at radius 1 is 1.03 bits per heavy atom. The number of carbonyl (C=O) groups is 3. The maximum atomic E-state index is 14.1. The van der Waals surface area contributed by atoms with Crippen molar-refractivity contribution in [2.24, 2.45) is 11.8 Å². The van der Waals surface area contributed by atoms with Crippen molar-refractivity contribution in [3.8, 4) is 11.1 Å². The lowest BCUT2D eigenvalue weighted by molar-refractivity contribution is -0.132. The van der Waals surface area contributed by atoms with Gasteiger partial charge in [-0.25, -0.2) is 18.4 Å². The van der Waals surface area contributed by atoms with Crippen molar-refractivity contribution >= 4 is 18.0 Å². The average molecular weight is 470 g/mol. The third-order valence-electron chi connectivity index (χ3n) is 6.32. The van der Waals surface area contributed by atoms with E-state index in [0.29, 0.717) is 0 Å². The molecule has 1 saturated carbocycles. The summed E-state index contributed by atoms with van der Waals surface area (Å²) in [5, 5.41) is 13.4. The van der Waals surface area contributed by atoms with Crippen molar-refractivity contribution in [2.45, 2.75) is 18.8 Å². The molecule has 2 aliphatic carbocycles. The fourth-order valence-corrected chi connectivity index (χ4v) is 4.35. The minimum Gasteiger partial charge on any atom is -0.478 e. The number of fused-ring (bicyclic) bond motifs is 3. The monoisotopic (exact) mass is 470 g/mol. The van der Waals surface area contributed by atoms with Gasteiger partial charge >= 0.3 is 12.1 Å². The number of carboxylic acids is 1. The lowest BCUT2D eigenvalue weighted by Gasteiger charge is -2.14. The second-order valence-corrected chi connectivity index (χ2v) is 8.40. The number of hydrogen-bond acceptors (Lipinski definition) is 4. The molecule has 2 aromatic carbocycles. The van der Waals surface area contributed by atoms with Gasteiger partial charge in [-0.05, 0) is 29.2 Å². The van der Waals surface area contributed by atoms with Crippen LogP contribution in [0.25, 0.3) is 11.1 Å². The Bertz CT molecular complexity index is 1120. The highest BCUT2D eigenvalue weighted by Gasteiger charge is 2.71. The van der Waals surface area contributed by atoms with Crippen LogP contribution >= 0.6 is 0 Å². The van der Waals surface area contributed by atoms with Gasteiger partial charge in [0.25, 0.3) is 5.92 Å². The lowest BCUT2D eigenvalue weighted by Crippen LogP contribution is -2.30. The van der Waals surface area contributed by atoms with Gasteiger partial charge in [-0.15, -0.1) is 0 Å². The number of benzene rings is 2. The van der Waals surface area contributed by atoms with E-state index in [1.807, 2.05) is 48.5 Å². The van der Waals surface area contributed by atoms with E-state index in [-0.39, 0.29) is 24.6 Å². The SMILES string of the molecule is C/C(=C\CNC(=O)C1C(CNC(=O)OCC2c3ccccc3-c3ccccc32)C1(F)F)C(=O)O. The number of amides is 2. The highest BCUT2D eigenvalue weighted by atomic mass is 19.3. The molecule has 2 unspecified atom stereocenters. The zero-order valence-electron chi connectivity index (χ0n) is 18.4. The number of aliphatic carboxylic acids is 1. The van der Waals surface area contributed by atoms with Crippen LogP contribution in [-0.2, 0) is 14.3 Å². The van der Waals surface area contributed by atoms with E-state index in [9.17, 15) is 23.2 Å². The Hall–Kier alpha value is -3.75. The highest BCUT2D eigenvalue weighted by molar-refractivity contribution is 5.86. The minimum absolute atomic E-state index is 0.00340. The van der Waals surface area contributed by atoms with Crippen LogP contribution in [0.15, 0.2) is 60.2 Å². The number of carbonyl (C=O) groups excluding carboxylic acids is 2. The number of halogens is 2. The maximum absolute atomic E-state index is 14.1. The summed E-state index contributed by atoms with van der Waals surface area (Å²) in [5.74, 6) is -8.39. The molecule has 178 valence electrons. The van der Waals surface area contributed by atoms with Gasteiger partial charge in [0, 0.05) is 24.6 Å². The summed E-state index contributed by atoms with van der Waals surface area (Å²) in [4.78, 5) is 35.0. The third-order valence-corrected chi connectivity index (χ3v) is 6.32. The maximum Gasteiger partial charge on any atom is 0.407 e. The first-order chi connectivity index (χ1) is 16.2. The molecular formula is C25H24F2N2O5. The number of ether oxygens (including phenoxy) is 1. The fourth-order valence-electron chi connectivity index (χ4n) is 4.35. The molecule has 1 fully saturated rings. The molecule has 7 nitrogen and oxygen atoms in total. The van der Waals surface area contributed by atoms with E-state index >= 15 is 0 Å². The van der Waals surface area contributed by atoms with Gasteiger partial charge in [0.1, 0.15) is 12.5 Å². The smallest absolute Gasteiger partial charge is 0.407 e.